The lowest BCUT2D eigenvalue weighted by Gasteiger charge is -2.20. The second-order valence-corrected chi connectivity index (χ2v) is 4.54. The Morgan fingerprint density at radius 3 is 2.89 bits per heavy atom. The van der Waals surface area contributed by atoms with Gasteiger partial charge in [-0.3, -0.25) is 5.41 Å². The van der Waals surface area contributed by atoms with Gasteiger partial charge >= 0.3 is 0 Å². The zero-order valence-corrected chi connectivity index (χ0v) is 11.1. The molecule has 1 saturated heterocycles. The standard InChI is InChI=1S/C14H21N3O/c1-3-4-5-11-6-7-12(13(10-11)18-2)17-9-8-16-14(17)15/h6-7,10H,3-5,8-9H2,1-2H3,(H2,15,16). The molecule has 2 rings (SSSR count). The molecule has 1 heterocycles. The van der Waals surface area contributed by atoms with Gasteiger partial charge in [0.2, 0.25) is 0 Å². The first-order valence-corrected chi connectivity index (χ1v) is 6.53. The monoisotopic (exact) mass is 247 g/mol. The minimum Gasteiger partial charge on any atom is -0.495 e. The molecular formula is C14H21N3O. The van der Waals surface area contributed by atoms with Crippen molar-refractivity contribution in [3.8, 4) is 5.75 Å². The Hall–Kier alpha value is -1.71. The Morgan fingerprint density at radius 1 is 1.44 bits per heavy atom. The summed E-state index contributed by atoms with van der Waals surface area (Å²) < 4.78 is 5.46. The average Bonchev–Trinajstić information content (AvgIpc) is 2.82. The van der Waals surface area contributed by atoms with Gasteiger partial charge in [0.05, 0.1) is 12.8 Å². The molecule has 1 aliphatic rings. The summed E-state index contributed by atoms with van der Waals surface area (Å²) >= 11 is 0. The summed E-state index contributed by atoms with van der Waals surface area (Å²) in [6, 6.07) is 6.29. The van der Waals surface area contributed by atoms with Gasteiger partial charge in [0.15, 0.2) is 5.96 Å². The van der Waals surface area contributed by atoms with Crippen molar-refractivity contribution in [2.75, 3.05) is 25.1 Å². The maximum atomic E-state index is 7.84. The quantitative estimate of drug-likeness (QED) is 0.840. The molecule has 1 aliphatic heterocycles. The number of guanidine groups is 1. The number of benzene rings is 1. The molecule has 0 aliphatic carbocycles. The maximum Gasteiger partial charge on any atom is 0.195 e. The minimum atomic E-state index is 0.453. The normalized spacial score (nSPS) is 14.8. The Bertz CT molecular complexity index is 431. The van der Waals surface area contributed by atoms with Gasteiger partial charge in [-0.25, -0.2) is 0 Å². The Morgan fingerprint density at radius 2 is 2.28 bits per heavy atom. The fourth-order valence-corrected chi connectivity index (χ4v) is 2.22. The van der Waals surface area contributed by atoms with Crippen LogP contribution in [-0.4, -0.2) is 26.2 Å². The lowest BCUT2D eigenvalue weighted by atomic mass is 10.1. The van der Waals surface area contributed by atoms with Crippen molar-refractivity contribution in [3.05, 3.63) is 23.8 Å². The lowest BCUT2D eigenvalue weighted by Crippen LogP contribution is -2.28. The molecule has 2 N–H and O–H groups in total. The molecule has 0 amide bonds. The molecule has 0 saturated carbocycles. The maximum absolute atomic E-state index is 7.84. The van der Waals surface area contributed by atoms with Crippen LogP contribution in [0, 0.1) is 5.41 Å². The zero-order chi connectivity index (χ0) is 13.0. The molecule has 18 heavy (non-hydrogen) atoms. The predicted octanol–water partition coefficient (Wildman–Crippen LogP) is 2.38. The predicted molar refractivity (Wildman–Crippen MR) is 74.7 cm³/mol. The molecule has 0 unspecified atom stereocenters. The highest BCUT2D eigenvalue weighted by molar-refractivity contribution is 5.97. The molecule has 4 nitrogen and oxygen atoms in total. The van der Waals surface area contributed by atoms with E-state index in [2.05, 4.69) is 30.4 Å². The highest BCUT2D eigenvalue weighted by atomic mass is 16.5. The van der Waals surface area contributed by atoms with E-state index in [9.17, 15) is 0 Å². The molecular weight excluding hydrogens is 226 g/mol. The van der Waals surface area contributed by atoms with Crippen LogP contribution in [0.4, 0.5) is 5.69 Å². The Kier molecular flexibility index (Phi) is 4.07. The van der Waals surface area contributed by atoms with Gasteiger partial charge in [-0.15, -0.1) is 0 Å². The smallest absolute Gasteiger partial charge is 0.195 e. The Labute approximate surface area is 108 Å². The van der Waals surface area contributed by atoms with E-state index >= 15 is 0 Å². The number of hydrogen-bond donors (Lipinski definition) is 2. The van der Waals surface area contributed by atoms with Gasteiger partial charge in [0.25, 0.3) is 0 Å². The number of rotatable bonds is 5. The third kappa shape index (κ3) is 2.58. The van der Waals surface area contributed by atoms with Crippen molar-refractivity contribution in [2.24, 2.45) is 0 Å². The summed E-state index contributed by atoms with van der Waals surface area (Å²) in [6.45, 7) is 3.84. The number of anilines is 1. The first kappa shape index (κ1) is 12.7. The summed E-state index contributed by atoms with van der Waals surface area (Å²) in [4.78, 5) is 1.95. The fourth-order valence-electron chi connectivity index (χ4n) is 2.22. The van der Waals surface area contributed by atoms with Crippen LogP contribution in [0.2, 0.25) is 0 Å². The van der Waals surface area contributed by atoms with Crippen LogP contribution >= 0.6 is 0 Å². The molecule has 1 fully saturated rings. The van der Waals surface area contributed by atoms with Crippen molar-refractivity contribution in [3.63, 3.8) is 0 Å². The van der Waals surface area contributed by atoms with Crippen LogP contribution in [0.15, 0.2) is 18.2 Å². The number of nitrogens with zero attached hydrogens (tertiary/aromatic N) is 1. The SMILES string of the molecule is CCCCc1ccc(N2CCNC2=N)c(OC)c1. The molecule has 1 aromatic rings. The number of nitrogens with one attached hydrogen (secondary N) is 2. The first-order chi connectivity index (χ1) is 8.76. The van der Waals surface area contributed by atoms with Crippen LogP contribution in [0.1, 0.15) is 25.3 Å². The van der Waals surface area contributed by atoms with E-state index in [-0.39, 0.29) is 0 Å². The summed E-state index contributed by atoms with van der Waals surface area (Å²) in [6.07, 6.45) is 3.48. The number of ether oxygens (including phenoxy) is 1. The van der Waals surface area contributed by atoms with Crippen molar-refractivity contribution < 1.29 is 4.74 Å². The van der Waals surface area contributed by atoms with Gasteiger partial charge in [0.1, 0.15) is 5.75 Å². The van der Waals surface area contributed by atoms with Gasteiger partial charge in [-0.1, -0.05) is 19.4 Å². The fraction of sp³-hybridized carbons (Fsp3) is 0.500. The van der Waals surface area contributed by atoms with E-state index in [1.165, 1.54) is 18.4 Å². The number of aryl methyl sites for hydroxylation is 1. The van der Waals surface area contributed by atoms with E-state index in [1.54, 1.807) is 7.11 Å². The summed E-state index contributed by atoms with van der Waals surface area (Å²) in [7, 11) is 1.69. The van der Waals surface area contributed by atoms with E-state index in [0.717, 1.165) is 30.9 Å². The van der Waals surface area contributed by atoms with Gasteiger partial charge in [0, 0.05) is 13.1 Å². The van der Waals surface area contributed by atoms with Crippen molar-refractivity contribution >= 4 is 11.6 Å². The lowest BCUT2D eigenvalue weighted by molar-refractivity contribution is 0.415. The summed E-state index contributed by atoms with van der Waals surface area (Å²) in [5.74, 6) is 1.31. The molecule has 0 radical (unpaired) electrons. The van der Waals surface area contributed by atoms with E-state index < -0.39 is 0 Å². The second-order valence-electron chi connectivity index (χ2n) is 4.54. The van der Waals surface area contributed by atoms with E-state index in [0.29, 0.717) is 5.96 Å². The topological polar surface area (TPSA) is 48.4 Å². The molecule has 0 atom stereocenters. The van der Waals surface area contributed by atoms with Crippen LogP contribution < -0.4 is 15.0 Å². The van der Waals surface area contributed by atoms with Gasteiger partial charge in [-0.2, -0.15) is 0 Å². The van der Waals surface area contributed by atoms with Crippen molar-refractivity contribution in [1.29, 1.82) is 5.41 Å². The van der Waals surface area contributed by atoms with Crippen molar-refractivity contribution in [1.82, 2.24) is 5.32 Å². The number of hydrogen-bond acceptors (Lipinski definition) is 2. The highest BCUT2D eigenvalue weighted by Gasteiger charge is 2.21. The zero-order valence-electron chi connectivity index (χ0n) is 11.1. The van der Waals surface area contributed by atoms with Crippen LogP contribution in [0.25, 0.3) is 0 Å². The Balaban J connectivity index is 2.22. The molecule has 98 valence electrons. The van der Waals surface area contributed by atoms with Crippen LogP contribution in [0.5, 0.6) is 5.75 Å². The summed E-state index contributed by atoms with van der Waals surface area (Å²) in [5.41, 5.74) is 2.28. The van der Waals surface area contributed by atoms with Gasteiger partial charge in [-0.05, 0) is 30.5 Å². The van der Waals surface area contributed by atoms with Crippen LogP contribution in [0.3, 0.4) is 0 Å². The summed E-state index contributed by atoms with van der Waals surface area (Å²) in [5, 5.41) is 10.9. The van der Waals surface area contributed by atoms with Crippen molar-refractivity contribution in [2.45, 2.75) is 26.2 Å². The average molecular weight is 247 g/mol. The van der Waals surface area contributed by atoms with Gasteiger partial charge < -0.3 is 15.0 Å². The first-order valence-electron chi connectivity index (χ1n) is 6.53. The molecule has 1 aromatic carbocycles. The highest BCUT2D eigenvalue weighted by Crippen LogP contribution is 2.30. The molecule has 0 spiro atoms. The minimum absolute atomic E-state index is 0.453. The molecule has 0 bridgehead atoms. The molecule has 0 aromatic heterocycles. The second kappa shape index (κ2) is 5.76. The van der Waals surface area contributed by atoms with E-state index in [1.807, 2.05) is 4.90 Å². The third-order valence-corrected chi connectivity index (χ3v) is 3.25. The van der Waals surface area contributed by atoms with E-state index in [4.69, 9.17) is 10.1 Å². The number of unbranched alkanes of at least 4 members (excludes halogenated alkanes) is 1. The molecule has 4 heteroatoms. The largest absolute Gasteiger partial charge is 0.495 e. The number of methoxy groups -OCH3 is 1. The van der Waals surface area contributed by atoms with Crippen LogP contribution in [-0.2, 0) is 6.42 Å². The third-order valence-electron chi connectivity index (χ3n) is 3.25.